The summed E-state index contributed by atoms with van der Waals surface area (Å²) in [5.41, 5.74) is 0. The number of hydrogen-bond donors (Lipinski definition) is 0. The van der Waals surface area contributed by atoms with Gasteiger partial charge in [0, 0.05) is 25.0 Å². The number of aryl methyl sites for hydroxylation is 1. The number of carbonyl (C=O) groups excluding carboxylic acids is 1. The lowest BCUT2D eigenvalue weighted by atomic mass is 10.2. The highest BCUT2D eigenvalue weighted by atomic mass is 16.5. The van der Waals surface area contributed by atoms with Crippen LogP contribution >= 0.6 is 0 Å². The molecular formula is C12H18NO2+. The Morgan fingerprint density at radius 3 is 2.60 bits per heavy atom. The molecule has 1 aromatic heterocycles. The topological polar surface area (TPSA) is 30.2 Å². The maximum absolute atomic E-state index is 11.0. The van der Waals surface area contributed by atoms with E-state index in [-0.39, 0.29) is 5.97 Å². The summed E-state index contributed by atoms with van der Waals surface area (Å²) < 4.78 is 6.96. The van der Waals surface area contributed by atoms with E-state index in [1.54, 1.807) is 0 Å². The van der Waals surface area contributed by atoms with Crippen LogP contribution in [0.3, 0.4) is 0 Å². The van der Waals surface area contributed by atoms with E-state index in [1.165, 1.54) is 0 Å². The number of rotatable bonds is 6. The Morgan fingerprint density at radius 1 is 1.20 bits per heavy atom. The Balaban J connectivity index is 2.10. The number of pyridine rings is 1. The van der Waals surface area contributed by atoms with Crippen molar-refractivity contribution < 1.29 is 14.1 Å². The van der Waals surface area contributed by atoms with Gasteiger partial charge < -0.3 is 4.74 Å². The number of nitrogens with zero attached hydrogens (tertiary/aromatic N) is 1. The molecule has 0 radical (unpaired) electrons. The third kappa shape index (κ3) is 5.15. The van der Waals surface area contributed by atoms with Gasteiger partial charge in [-0.05, 0) is 13.3 Å². The molecule has 0 bridgehead atoms. The van der Waals surface area contributed by atoms with E-state index < -0.39 is 0 Å². The molecule has 3 nitrogen and oxygen atoms in total. The lowest BCUT2D eigenvalue weighted by Gasteiger charge is -2.00. The fraction of sp³-hybridized carbons (Fsp3) is 0.500. The summed E-state index contributed by atoms with van der Waals surface area (Å²) in [7, 11) is 0. The third-order valence-corrected chi connectivity index (χ3v) is 2.13. The summed E-state index contributed by atoms with van der Waals surface area (Å²) in [6.45, 7) is 3.27. The molecule has 0 aromatic carbocycles. The smallest absolute Gasteiger partial charge is 0.305 e. The molecule has 15 heavy (non-hydrogen) atoms. The van der Waals surface area contributed by atoms with E-state index in [1.807, 2.05) is 37.5 Å². The number of ether oxygens (including phenoxy) is 1. The predicted molar refractivity (Wildman–Crippen MR) is 57.1 cm³/mol. The zero-order valence-electron chi connectivity index (χ0n) is 9.19. The zero-order valence-corrected chi connectivity index (χ0v) is 9.19. The van der Waals surface area contributed by atoms with Crippen LogP contribution in [-0.2, 0) is 16.1 Å². The summed E-state index contributed by atoms with van der Waals surface area (Å²) in [6, 6.07) is 6.01. The highest BCUT2D eigenvalue weighted by molar-refractivity contribution is 5.69. The molecule has 0 N–H and O–H groups in total. The number of esters is 1. The Hall–Kier alpha value is -1.38. The van der Waals surface area contributed by atoms with E-state index in [2.05, 4.69) is 4.57 Å². The number of unbranched alkanes of at least 4 members (excludes halogenated alkanes) is 1. The fourth-order valence-corrected chi connectivity index (χ4v) is 1.38. The van der Waals surface area contributed by atoms with Gasteiger partial charge in [-0.15, -0.1) is 0 Å². The minimum Gasteiger partial charge on any atom is -0.466 e. The van der Waals surface area contributed by atoms with Crippen molar-refractivity contribution in [2.45, 2.75) is 32.7 Å². The molecule has 0 aliphatic heterocycles. The van der Waals surface area contributed by atoms with Crippen molar-refractivity contribution in [3.05, 3.63) is 30.6 Å². The van der Waals surface area contributed by atoms with Crippen LogP contribution < -0.4 is 4.57 Å². The Morgan fingerprint density at radius 2 is 1.93 bits per heavy atom. The Bertz CT molecular complexity index is 285. The van der Waals surface area contributed by atoms with Crippen molar-refractivity contribution in [3.63, 3.8) is 0 Å². The monoisotopic (exact) mass is 208 g/mol. The fourth-order valence-electron chi connectivity index (χ4n) is 1.38. The highest BCUT2D eigenvalue weighted by Gasteiger charge is 2.02. The van der Waals surface area contributed by atoms with Crippen LogP contribution in [0.5, 0.6) is 0 Å². The zero-order chi connectivity index (χ0) is 10.9. The summed E-state index contributed by atoms with van der Waals surface area (Å²) in [6.07, 6.45) is 6.49. The average Bonchev–Trinajstić information content (AvgIpc) is 2.26. The first-order valence-electron chi connectivity index (χ1n) is 5.42. The van der Waals surface area contributed by atoms with Gasteiger partial charge >= 0.3 is 5.97 Å². The van der Waals surface area contributed by atoms with Gasteiger partial charge in [-0.1, -0.05) is 6.07 Å². The summed E-state index contributed by atoms with van der Waals surface area (Å²) in [4.78, 5) is 11.0. The average molecular weight is 208 g/mol. The molecule has 0 saturated heterocycles. The molecule has 0 atom stereocenters. The van der Waals surface area contributed by atoms with Crippen molar-refractivity contribution >= 4 is 5.97 Å². The third-order valence-electron chi connectivity index (χ3n) is 2.13. The lowest BCUT2D eigenvalue weighted by molar-refractivity contribution is -0.697. The quantitative estimate of drug-likeness (QED) is 0.405. The highest BCUT2D eigenvalue weighted by Crippen LogP contribution is 1.97. The normalized spacial score (nSPS) is 9.93. The lowest BCUT2D eigenvalue weighted by Crippen LogP contribution is -2.32. The molecule has 0 aliphatic carbocycles. The van der Waals surface area contributed by atoms with Gasteiger partial charge in [-0.3, -0.25) is 4.79 Å². The molecule has 82 valence electrons. The van der Waals surface area contributed by atoms with Crippen LogP contribution in [0.1, 0.15) is 26.2 Å². The van der Waals surface area contributed by atoms with Crippen LogP contribution in [0.2, 0.25) is 0 Å². The molecule has 0 spiro atoms. The second-order valence-corrected chi connectivity index (χ2v) is 3.38. The van der Waals surface area contributed by atoms with Gasteiger partial charge in [0.2, 0.25) is 0 Å². The first kappa shape index (κ1) is 11.7. The summed E-state index contributed by atoms with van der Waals surface area (Å²) in [5, 5.41) is 0. The second-order valence-electron chi connectivity index (χ2n) is 3.38. The van der Waals surface area contributed by atoms with Gasteiger partial charge in [-0.25, -0.2) is 4.57 Å². The molecule has 0 fully saturated rings. The minimum atomic E-state index is -0.0874. The summed E-state index contributed by atoms with van der Waals surface area (Å²) >= 11 is 0. The standard InChI is InChI=1S/C12H18NO2/c1-2-15-12(14)8-4-7-11-13-9-5-3-6-10-13/h3,5-6,9-10H,2,4,7-8,11H2,1H3/q+1. The molecule has 1 heterocycles. The maximum atomic E-state index is 11.0. The molecule has 0 unspecified atom stereocenters. The van der Waals surface area contributed by atoms with Gasteiger partial charge in [-0.2, -0.15) is 0 Å². The maximum Gasteiger partial charge on any atom is 0.305 e. The molecule has 1 aromatic rings. The van der Waals surface area contributed by atoms with E-state index in [0.29, 0.717) is 13.0 Å². The molecule has 0 aliphatic rings. The Kier molecular flexibility index (Phi) is 5.44. The first-order valence-corrected chi connectivity index (χ1v) is 5.42. The van der Waals surface area contributed by atoms with Crippen LogP contribution in [0, 0.1) is 0 Å². The van der Waals surface area contributed by atoms with Crippen LogP contribution in [0.15, 0.2) is 30.6 Å². The van der Waals surface area contributed by atoms with E-state index in [9.17, 15) is 4.79 Å². The summed E-state index contributed by atoms with van der Waals surface area (Å²) in [5.74, 6) is -0.0874. The van der Waals surface area contributed by atoms with E-state index >= 15 is 0 Å². The number of carbonyl (C=O) groups is 1. The number of aromatic nitrogens is 1. The van der Waals surface area contributed by atoms with Crippen molar-refractivity contribution in [1.82, 2.24) is 0 Å². The van der Waals surface area contributed by atoms with Crippen molar-refractivity contribution in [1.29, 1.82) is 0 Å². The Labute approximate surface area is 90.7 Å². The van der Waals surface area contributed by atoms with Crippen molar-refractivity contribution in [2.24, 2.45) is 0 Å². The van der Waals surface area contributed by atoms with Gasteiger partial charge in [0.15, 0.2) is 12.4 Å². The predicted octanol–water partition coefficient (Wildman–Crippen LogP) is 1.71. The SMILES string of the molecule is CCOC(=O)CCCC[n+]1ccccc1. The van der Waals surface area contributed by atoms with E-state index in [0.717, 1.165) is 19.4 Å². The number of hydrogen-bond acceptors (Lipinski definition) is 2. The molecule has 0 amide bonds. The van der Waals surface area contributed by atoms with Crippen molar-refractivity contribution in [2.75, 3.05) is 6.61 Å². The molecule has 0 saturated carbocycles. The van der Waals surface area contributed by atoms with Gasteiger partial charge in [0.25, 0.3) is 0 Å². The molecular weight excluding hydrogens is 190 g/mol. The van der Waals surface area contributed by atoms with Gasteiger partial charge in [0.1, 0.15) is 6.54 Å². The first-order chi connectivity index (χ1) is 7.33. The van der Waals surface area contributed by atoms with Crippen molar-refractivity contribution in [3.8, 4) is 0 Å². The molecule has 1 rings (SSSR count). The second kappa shape index (κ2) is 6.98. The van der Waals surface area contributed by atoms with Gasteiger partial charge in [0.05, 0.1) is 6.61 Å². The largest absolute Gasteiger partial charge is 0.466 e. The van der Waals surface area contributed by atoms with Crippen LogP contribution in [0.4, 0.5) is 0 Å². The van der Waals surface area contributed by atoms with Crippen LogP contribution in [-0.4, -0.2) is 12.6 Å². The van der Waals surface area contributed by atoms with E-state index in [4.69, 9.17) is 4.74 Å². The van der Waals surface area contributed by atoms with Crippen LogP contribution in [0.25, 0.3) is 0 Å². The molecule has 3 heteroatoms. The minimum absolute atomic E-state index is 0.0874.